The van der Waals surface area contributed by atoms with Crippen molar-refractivity contribution in [1.82, 2.24) is 0 Å². The van der Waals surface area contributed by atoms with Gasteiger partial charge in [0.05, 0.1) is 0 Å². The fraction of sp³-hybridized carbons (Fsp3) is 0.762. The minimum absolute atomic E-state index is 0.426. The largest absolute Gasteiger partial charge is 0.463 e. The van der Waals surface area contributed by atoms with Crippen molar-refractivity contribution in [2.75, 3.05) is 33.5 Å². The summed E-state index contributed by atoms with van der Waals surface area (Å²) in [5.74, 6) is -6.05. The van der Waals surface area contributed by atoms with Crippen LogP contribution < -0.4 is 0 Å². The maximum absolute atomic E-state index is 12.1. The lowest BCUT2D eigenvalue weighted by molar-refractivity contribution is -0.409. The Kier molecular flexibility index (Phi) is 8.81. The van der Waals surface area contributed by atoms with E-state index in [0.29, 0.717) is 0 Å². The average molecular weight is 506 g/mol. The lowest BCUT2D eigenvalue weighted by Crippen LogP contribution is -2.75. The Balaban J connectivity index is 2.80. The molecule has 14 nitrogen and oxygen atoms in total. The van der Waals surface area contributed by atoms with E-state index in [4.69, 9.17) is 37.9 Å². The van der Waals surface area contributed by atoms with Gasteiger partial charge in [0.1, 0.15) is 32.5 Å². The van der Waals surface area contributed by atoms with Gasteiger partial charge in [-0.25, -0.2) is 0 Å². The Morgan fingerprint density at radius 3 is 1.74 bits per heavy atom. The van der Waals surface area contributed by atoms with E-state index in [1.54, 1.807) is 0 Å². The van der Waals surface area contributed by atoms with Gasteiger partial charge in [0.25, 0.3) is 0 Å². The van der Waals surface area contributed by atoms with Crippen LogP contribution in [0.25, 0.3) is 0 Å². The molecule has 2 aliphatic rings. The van der Waals surface area contributed by atoms with Gasteiger partial charge in [0.2, 0.25) is 5.79 Å². The molecule has 0 unspecified atom stereocenters. The smallest absolute Gasteiger partial charge is 0.303 e. The summed E-state index contributed by atoms with van der Waals surface area (Å²) < 4.78 is 43.4. The van der Waals surface area contributed by atoms with Gasteiger partial charge >= 0.3 is 29.8 Å². The second kappa shape index (κ2) is 10.8. The van der Waals surface area contributed by atoms with Crippen molar-refractivity contribution in [3.63, 3.8) is 0 Å². The van der Waals surface area contributed by atoms with E-state index in [1.165, 1.54) is 7.11 Å². The Morgan fingerprint density at radius 1 is 0.743 bits per heavy atom. The van der Waals surface area contributed by atoms with Crippen LogP contribution in [0.4, 0.5) is 0 Å². The number of ether oxygens (including phenoxy) is 8. The highest BCUT2D eigenvalue weighted by atomic mass is 16.8. The van der Waals surface area contributed by atoms with Gasteiger partial charge in [0.15, 0.2) is 23.4 Å². The molecule has 2 fully saturated rings. The van der Waals surface area contributed by atoms with Crippen molar-refractivity contribution in [3.05, 3.63) is 0 Å². The molecule has 0 saturated carbocycles. The van der Waals surface area contributed by atoms with Crippen LogP contribution in [0.3, 0.4) is 0 Å². The van der Waals surface area contributed by atoms with E-state index in [9.17, 15) is 29.1 Å². The number of rotatable bonds is 10. The summed E-state index contributed by atoms with van der Waals surface area (Å²) in [6, 6.07) is 0. The number of carbonyl (C=O) groups excluding carboxylic acids is 5. The minimum atomic E-state index is -2.46. The van der Waals surface area contributed by atoms with Gasteiger partial charge in [-0.1, -0.05) is 0 Å². The zero-order valence-corrected chi connectivity index (χ0v) is 20.3. The van der Waals surface area contributed by atoms with Crippen LogP contribution >= 0.6 is 0 Å². The molecular formula is C21H30O14. The number of aliphatic hydroxyl groups is 1. The first-order valence-corrected chi connectivity index (χ1v) is 10.6. The van der Waals surface area contributed by atoms with Crippen molar-refractivity contribution < 1.29 is 67.0 Å². The van der Waals surface area contributed by atoms with Crippen molar-refractivity contribution in [2.24, 2.45) is 0 Å². The van der Waals surface area contributed by atoms with E-state index in [-0.39, 0.29) is 0 Å². The van der Waals surface area contributed by atoms with Crippen LogP contribution in [-0.2, 0) is 61.9 Å². The Morgan fingerprint density at radius 2 is 1.26 bits per heavy atom. The number of fused-ring (bicyclic) bond motifs is 2. The third-order valence-corrected chi connectivity index (χ3v) is 5.48. The van der Waals surface area contributed by atoms with Crippen molar-refractivity contribution in [3.8, 4) is 0 Å². The SMILES string of the molecule is COC[C@@]12O[C@@H](COC(C)=O)[C@@](O)(COC(C)=O)[C@@](COC(C)=O)(O1)[C@@H](OC(C)=O)[C@@H]2OC(C)=O. The van der Waals surface area contributed by atoms with Gasteiger partial charge in [-0.2, -0.15) is 0 Å². The third-order valence-electron chi connectivity index (χ3n) is 5.48. The number of methoxy groups -OCH3 is 1. The molecule has 2 bridgehead atoms. The van der Waals surface area contributed by atoms with E-state index in [0.717, 1.165) is 34.6 Å². The number of hydrogen-bond acceptors (Lipinski definition) is 14. The molecule has 0 aliphatic carbocycles. The molecule has 1 N–H and O–H groups in total. The van der Waals surface area contributed by atoms with Crippen LogP contribution in [0.15, 0.2) is 0 Å². The van der Waals surface area contributed by atoms with Crippen molar-refractivity contribution >= 4 is 29.8 Å². The first-order valence-electron chi connectivity index (χ1n) is 10.6. The molecule has 2 rings (SSSR count). The summed E-state index contributed by atoms with van der Waals surface area (Å²) in [5.41, 5.74) is -4.70. The van der Waals surface area contributed by atoms with Crippen LogP contribution in [-0.4, -0.2) is 104 Å². The Hall–Kier alpha value is -2.81. The fourth-order valence-electron chi connectivity index (χ4n) is 4.19. The van der Waals surface area contributed by atoms with E-state index >= 15 is 0 Å². The predicted molar refractivity (Wildman–Crippen MR) is 109 cm³/mol. The van der Waals surface area contributed by atoms with Crippen LogP contribution in [0.5, 0.6) is 0 Å². The molecule has 14 heteroatoms. The molecule has 0 spiro atoms. The molecule has 2 saturated heterocycles. The topological polar surface area (TPSA) is 179 Å². The second-order valence-corrected chi connectivity index (χ2v) is 8.19. The molecule has 2 heterocycles. The third kappa shape index (κ3) is 5.72. The van der Waals surface area contributed by atoms with Crippen LogP contribution in [0.2, 0.25) is 0 Å². The highest BCUT2D eigenvalue weighted by Crippen LogP contribution is 2.55. The Labute approximate surface area is 201 Å². The van der Waals surface area contributed by atoms with Gasteiger partial charge in [-0.15, -0.1) is 0 Å². The molecule has 198 valence electrons. The maximum Gasteiger partial charge on any atom is 0.303 e. The van der Waals surface area contributed by atoms with E-state index in [2.05, 4.69) is 0 Å². The highest BCUT2D eigenvalue weighted by Gasteiger charge is 2.81. The normalized spacial score (nSPS) is 33.4. The van der Waals surface area contributed by atoms with Gasteiger partial charge in [-0.3, -0.25) is 24.0 Å². The first kappa shape index (κ1) is 28.4. The van der Waals surface area contributed by atoms with Crippen LogP contribution in [0.1, 0.15) is 34.6 Å². The number of carbonyl (C=O) groups is 5. The van der Waals surface area contributed by atoms with Crippen LogP contribution in [0, 0.1) is 0 Å². The molecule has 6 atom stereocenters. The van der Waals surface area contributed by atoms with Gasteiger partial charge < -0.3 is 43.0 Å². The summed E-state index contributed by atoms with van der Waals surface area (Å²) >= 11 is 0. The Bertz CT molecular complexity index is 857. The van der Waals surface area contributed by atoms with E-state index < -0.39 is 91.6 Å². The monoisotopic (exact) mass is 506 g/mol. The summed E-state index contributed by atoms with van der Waals surface area (Å²) in [4.78, 5) is 59.1. The quantitative estimate of drug-likeness (QED) is 0.275. The zero-order chi connectivity index (χ0) is 26.6. The fourth-order valence-corrected chi connectivity index (χ4v) is 4.19. The predicted octanol–water partition coefficient (Wildman–Crippen LogP) is -1.22. The van der Waals surface area contributed by atoms with Crippen molar-refractivity contribution in [2.45, 2.75) is 69.9 Å². The summed E-state index contributed by atoms with van der Waals surface area (Å²) in [7, 11) is 1.28. The number of hydrogen-bond donors (Lipinski definition) is 1. The zero-order valence-electron chi connectivity index (χ0n) is 20.3. The molecule has 0 aromatic heterocycles. The molecular weight excluding hydrogens is 476 g/mol. The van der Waals surface area contributed by atoms with E-state index in [1.807, 2.05) is 0 Å². The molecule has 0 aromatic carbocycles. The average Bonchev–Trinajstić information content (AvgIpc) is 2.94. The summed E-state index contributed by atoms with van der Waals surface area (Å²) in [6.07, 6.45) is -4.73. The molecule has 0 amide bonds. The molecule has 2 aliphatic heterocycles. The molecule has 35 heavy (non-hydrogen) atoms. The standard InChI is InChI=1S/C21H30O14/c1-11(22)29-7-16-19(27,8-30-12(2)23)20(9-31-13(3)24)17(32-14(4)25)18(33-15(5)26)21(34-16,35-20)10-28-6/h16-18,27H,7-10H2,1-6H3/t16-,17-,18-,19-,20-,21+/m0/s1. The molecule has 0 radical (unpaired) electrons. The maximum atomic E-state index is 12.1. The van der Waals surface area contributed by atoms with Gasteiger partial charge in [0, 0.05) is 41.7 Å². The minimum Gasteiger partial charge on any atom is -0.463 e. The van der Waals surface area contributed by atoms with Crippen molar-refractivity contribution in [1.29, 1.82) is 0 Å². The number of esters is 5. The molecule has 0 aromatic rings. The first-order chi connectivity index (χ1) is 16.2. The lowest BCUT2D eigenvalue weighted by atomic mass is 9.75. The summed E-state index contributed by atoms with van der Waals surface area (Å²) in [5, 5.41) is 12.0. The summed E-state index contributed by atoms with van der Waals surface area (Å²) in [6.45, 7) is 2.79. The highest BCUT2D eigenvalue weighted by molar-refractivity contribution is 5.69. The lowest BCUT2D eigenvalue weighted by Gasteiger charge is -2.53. The second-order valence-electron chi connectivity index (χ2n) is 8.19. The van der Waals surface area contributed by atoms with Gasteiger partial charge in [-0.05, 0) is 0 Å².